The highest BCUT2D eigenvalue weighted by Crippen LogP contribution is 2.45. The number of carbonyl (C=O) groups excluding carboxylic acids is 3. The number of hydrogen-bond donors (Lipinski definition) is 4. The van der Waals surface area contributed by atoms with E-state index in [9.17, 15) is 43.5 Å². The van der Waals surface area contributed by atoms with Gasteiger partial charge in [-0.3, -0.25) is 32.5 Å². The summed E-state index contributed by atoms with van der Waals surface area (Å²) < 4.78 is 60.6. The molecule has 81 heavy (non-hydrogen) atoms. The summed E-state index contributed by atoms with van der Waals surface area (Å²) in [5, 5.41) is 20.5. The molecule has 0 aromatic carbocycles. The highest BCUT2D eigenvalue weighted by atomic mass is 31.2. The van der Waals surface area contributed by atoms with Gasteiger partial charge < -0.3 is 34.2 Å². The molecule has 0 bridgehead atoms. The van der Waals surface area contributed by atoms with Crippen LogP contribution in [0, 0.1) is 0 Å². The number of allylic oxidation sites excluding steroid dienone is 12. The van der Waals surface area contributed by atoms with E-state index in [1.807, 2.05) is 0 Å². The largest absolute Gasteiger partial charge is 0.472 e. The standard InChI is InChI=1S/C63H112O16P2/c1-4-7-10-13-16-19-22-25-28-31-34-37-40-43-46-49-61(66)73-52-58(64)53-75-80(69,70)76-54-59(65)55-77-81(71,72)78-57-60(79-63(68)51-48-45-42-39-36-33-30-27-24-21-18-15-12-9-6-3)56-74-62(67)50-47-44-41-38-35-32-29-26-23-20-17-14-11-8-5-2/h16-21,25-30,58-60,64-65H,4-15,22-24,31-57H2,1-3H3,(H,69,70)(H,71,72)/b19-16-,20-17-,21-18-,28-25-,29-26-,30-27-/t58-,59-,60+/m1/s1. The van der Waals surface area contributed by atoms with Crippen molar-refractivity contribution in [2.45, 2.75) is 270 Å². The Bertz CT molecular complexity index is 1780. The summed E-state index contributed by atoms with van der Waals surface area (Å²) in [6.45, 7) is 2.53. The molecule has 16 nitrogen and oxygen atoms in total. The molecule has 0 amide bonds. The van der Waals surface area contributed by atoms with Crippen molar-refractivity contribution in [1.82, 2.24) is 0 Å². The first-order chi connectivity index (χ1) is 39.2. The Kier molecular flexibility index (Phi) is 55.3. The summed E-state index contributed by atoms with van der Waals surface area (Å²) in [5.41, 5.74) is 0. The quantitative estimate of drug-likeness (QED) is 0.0146. The van der Waals surface area contributed by atoms with Gasteiger partial charge in [-0.15, -0.1) is 0 Å². The Morgan fingerprint density at radius 2 is 0.617 bits per heavy atom. The molecule has 470 valence electrons. The molecule has 0 fully saturated rings. The lowest BCUT2D eigenvalue weighted by Crippen LogP contribution is -2.30. The predicted octanol–water partition coefficient (Wildman–Crippen LogP) is 16.4. The van der Waals surface area contributed by atoms with Crippen LogP contribution in [0.5, 0.6) is 0 Å². The van der Waals surface area contributed by atoms with Gasteiger partial charge >= 0.3 is 33.6 Å². The maximum atomic E-state index is 12.9. The minimum atomic E-state index is -4.92. The minimum Gasteiger partial charge on any atom is -0.463 e. The summed E-state index contributed by atoms with van der Waals surface area (Å²) in [6.07, 6.45) is 56.7. The Balaban J connectivity index is 4.75. The molecule has 5 atom stereocenters. The second-order valence-corrected chi connectivity index (χ2v) is 23.8. The Morgan fingerprint density at radius 1 is 0.346 bits per heavy atom. The number of ether oxygens (including phenoxy) is 3. The molecule has 2 unspecified atom stereocenters. The molecule has 18 heteroatoms. The molecule has 0 spiro atoms. The van der Waals surface area contributed by atoms with Crippen LogP contribution in [0.3, 0.4) is 0 Å². The van der Waals surface area contributed by atoms with Crippen molar-refractivity contribution >= 4 is 33.6 Å². The Morgan fingerprint density at radius 3 is 0.963 bits per heavy atom. The Labute approximate surface area is 490 Å². The third-order valence-corrected chi connectivity index (χ3v) is 14.8. The number of aliphatic hydroxyl groups excluding tert-OH is 2. The zero-order chi connectivity index (χ0) is 59.6. The summed E-state index contributed by atoms with van der Waals surface area (Å²) >= 11 is 0. The van der Waals surface area contributed by atoms with Crippen molar-refractivity contribution < 1.29 is 75.8 Å². The van der Waals surface area contributed by atoms with Gasteiger partial charge in [0.05, 0.1) is 26.4 Å². The first kappa shape index (κ1) is 78.0. The van der Waals surface area contributed by atoms with Gasteiger partial charge in [0.15, 0.2) is 6.10 Å². The van der Waals surface area contributed by atoms with E-state index in [-0.39, 0.29) is 19.3 Å². The number of hydrogen-bond acceptors (Lipinski definition) is 14. The lowest BCUT2D eigenvalue weighted by Gasteiger charge is -2.21. The van der Waals surface area contributed by atoms with Crippen molar-refractivity contribution in [2.24, 2.45) is 0 Å². The zero-order valence-electron chi connectivity index (χ0n) is 50.4. The summed E-state index contributed by atoms with van der Waals surface area (Å²) in [6, 6.07) is 0. The normalized spacial score (nSPS) is 14.9. The molecule has 0 aliphatic heterocycles. The fourth-order valence-corrected chi connectivity index (χ4v) is 9.60. The SMILES string of the molecule is CCCCC/C=C\C/C=C\CCCCCCCC(=O)OC[C@@H](O)COP(=O)(O)OC[C@@H](O)COP(=O)(O)OC[C@H](COC(=O)CCCCCCC/C=C\C/C=C\CCCCC)OC(=O)CCCCCCC/C=C\C/C=C\CCCCC. The molecular weight excluding hydrogens is 1070 g/mol. The average molecular weight is 1190 g/mol. The van der Waals surface area contributed by atoms with Crippen LogP contribution in [-0.4, -0.2) is 95.9 Å². The monoisotopic (exact) mass is 1190 g/mol. The van der Waals surface area contributed by atoms with Crippen LogP contribution < -0.4 is 0 Å². The molecular formula is C63H112O16P2. The first-order valence-corrected chi connectivity index (χ1v) is 34.2. The minimum absolute atomic E-state index is 0.0857. The molecule has 0 aromatic rings. The van der Waals surface area contributed by atoms with E-state index in [0.29, 0.717) is 19.3 Å². The van der Waals surface area contributed by atoms with Crippen LogP contribution in [0.2, 0.25) is 0 Å². The number of rotatable bonds is 59. The first-order valence-electron chi connectivity index (χ1n) is 31.2. The van der Waals surface area contributed by atoms with Gasteiger partial charge in [-0.25, -0.2) is 9.13 Å². The van der Waals surface area contributed by atoms with Gasteiger partial charge in [0, 0.05) is 19.3 Å². The van der Waals surface area contributed by atoms with E-state index >= 15 is 0 Å². The zero-order valence-corrected chi connectivity index (χ0v) is 52.2. The molecule has 0 aliphatic carbocycles. The van der Waals surface area contributed by atoms with Crippen LogP contribution in [0.4, 0.5) is 0 Å². The third kappa shape index (κ3) is 58.6. The van der Waals surface area contributed by atoms with Gasteiger partial charge in [0.25, 0.3) is 0 Å². The molecule has 4 N–H and O–H groups in total. The topological polar surface area (TPSA) is 231 Å². The molecule has 0 rings (SSSR count). The van der Waals surface area contributed by atoms with Crippen LogP contribution in [0.15, 0.2) is 72.9 Å². The van der Waals surface area contributed by atoms with Crippen molar-refractivity contribution in [2.75, 3.05) is 39.6 Å². The van der Waals surface area contributed by atoms with Gasteiger partial charge in [0.1, 0.15) is 25.4 Å². The van der Waals surface area contributed by atoms with E-state index in [1.165, 1.54) is 57.8 Å². The van der Waals surface area contributed by atoms with E-state index in [0.717, 1.165) is 135 Å². The lowest BCUT2D eigenvalue weighted by atomic mass is 10.1. The van der Waals surface area contributed by atoms with Gasteiger partial charge in [-0.2, -0.15) is 0 Å². The lowest BCUT2D eigenvalue weighted by molar-refractivity contribution is -0.161. The fraction of sp³-hybridized carbons (Fsp3) is 0.762. The number of phosphoric acid groups is 2. The average Bonchev–Trinajstić information content (AvgIpc) is 3.45. The van der Waals surface area contributed by atoms with E-state index in [4.69, 9.17) is 32.3 Å². The molecule has 0 saturated carbocycles. The number of phosphoric ester groups is 2. The molecule has 0 aromatic heterocycles. The van der Waals surface area contributed by atoms with Crippen LogP contribution in [0.25, 0.3) is 0 Å². The van der Waals surface area contributed by atoms with Crippen molar-refractivity contribution in [3.63, 3.8) is 0 Å². The number of carbonyl (C=O) groups is 3. The Hall–Kier alpha value is -3.01. The maximum Gasteiger partial charge on any atom is 0.472 e. The molecule has 0 radical (unpaired) electrons. The molecule has 0 saturated heterocycles. The number of esters is 3. The summed E-state index contributed by atoms with van der Waals surface area (Å²) in [7, 11) is -9.77. The van der Waals surface area contributed by atoms with E-state index in [2.05, 4.69) is 93.7 Å². The van der Waals surface area contributed by atoms with Gasteiger partial charge in [0.2, 0.25) is 0 Å². The van der Waals surface area contributed by atoms with Crippen LogP contribution >= 0.6 is 15.6 Å². The van der Waals surface area contributed by atoms with Gasteiger partial charge in [-0.05, 0) is 116 Å². The number of unbranched alkanes of at least 4 members (excludes halogenated alkanes) is 24. The van der Waals surface area contributed by atoms with E-state index < -0.39 is 91.5 Å². The molecule has 0 heterocycles. The number of aliphatic hydroxyl groups is 2. The molecule has 0 aliphatic rings. The van der Waals surface area contributed by atoms with Crippen molar-refractivity contribution in [3.05, 3.63) is 72.9 Å². The predicted molar refractivity (Wildman–Crippen MR) is 325 cm³/mol. The second kappa shape index (κ2) is 57.4. The van der Waals surface area contributed by atoms with Crippen molar-refractivity contribution in [3.8, 4) is 0 Å². The van der Waals surface area contributed by atoms with Gasteiger partial charge in [-0.1, -0.05) is 190 Å². The highest BCUT2D eigenvalue weighted by molar-refractivity contribution is 7.47. The summed E-state index contributed by atoms with van der Waals surface area (Å²) in [5.74, 6) is -1.62. The second-order valence-electron chi connectivity index (χ2n) is 20.8. The summed E-state index contributed by atoms with van der Waals surface area (Å²) in [4.78, 5) is 58.1. The highest BCUT2D eigenvalue weighted by Gasteiger charge is 2.29. The van der Waals surface area contributed by atoms with Crippen LogP contribution in [0.1, 0.15) is 252 Å². The third-order valence-electron chi connectivity index (χ3n) is 12.9. The smallest absolute Gasteiger partial charge is 0.463 e. The maximum absolute atomic E-state index is 12.9. The van der Waals surface area contributed by atoms with Crippen molar-refractivity contribution in [1.29, 1.82) is 0 Å². The van der Waals surface area contributed by atoms with Crippen LogP contribution in [-0.2, 0) is 55.8 Å². The fourth-order valence-electron chi connectivity index (χ4n) is 8.01. The van der Waals surface area contributed by atoms with E-state index in [1.54, 1.807) is 0 Å².